The van der Waals surface area contributed by atoms with Gasteiger partial charge in [0.1, 0.15) is 0 Å². The zero-order valence-electron chi connectivity index (χ0n) is 13.0. The number of rotatable bonds is 7. The van der Waals surface area contributed by atoms with Crippen LogP contribution in [0.4, 0.5) is 0 Å². The first-order chi connectivity index (χ1) is 10.3. The second kappa shape index (κ2) is 6.44. The van der Waals surface area contributed by atoms with E-state index in [0.717, 1.165) is 24.8 Å². The molecule has 3 unspecified atom stereocenters. The summed E-state index contributed by atoms with van der Waals surface area (Å²) in [4.78, 5) is 0. The van der Waals surface area contributed by atoms with E-state index >= 15 is 0 Å². The van der Waals surface area contributed by atoms with Gasteiger partial charge in [0, 0.05) is 25.0 Å². The first-order valence-electron chi connectivity index (χ1n) is 8.04. The molecule has 0 saturated heterocycles. The van der Waals surface area contributed by atoms with E-state index in [2.05, 4.69) is 53.7 Å². The topological polar surface area (TPSA) is 29.9 Å². The Morgan fingerprint density at radius 1 is 1.29 bits per heavy atom. The van der Waals surface area contributed by atoms with Crippen LogP contribution >= 0.6 is 0 Å². The van der Waals surface area contributed by atoms with Gasteiger partial charge in [-0.15, -0.1) is 0 Å². The van der Waals surface area contributed by atoms with Crippen LogP contribution in [0, 0.1) is 5.92 Å². The van der Waals surface area contributed by atoms with Gasteiger partial charge in [0.25, 0.3) is 0 Å². The molecule has 2 aromatic rings. The second-order valence-electron chi connectivity index (χ2n) is 6.07. The fourth-order valence-electron chi connectivity index (χ4n) is 3.42. The van der Waals surface area contributed by atoms with Gasteiger partial charge in [-0.05, 0) is 49.3 Å². The number of nitrogens with one attached hydrogen (secondary N) is 1. The molecule has 112 valence electrons. The van der Waals surface area contributed by atoms with Crippen molar-refractivity contribution in [1.29, 1.82) is 0 Å². The van der Waals surface area contributed by atoms with Crippen molar-refractivity contribution >= 4 is 0 Å². The average Bonchev–Trinajstić information content (AvgIpc) is 3.21. The van der Waals surface area contributed by atoms with E-state index in [1.54, 1.807) is 0 Å². The van der Waals surface area contributed by atoms with Gasteiger partial charge >= 0.3 is 0 Å². The zero-order chi connectivity index (χ0) is 14.7. The van der Waals surface area contributed by atoms with Crippen LogP contribution in [0.1, 0.15) is 36.9 Å². The van der Waals surface area contributed by atoms with Gasteiger partial charge in [-0.1, -0.05) is 37.3 Å². The lowest BCUT2D eigenvalue weighted by Crippen LogP contribution is -2.32. The maximum atomic E-state index is 4.26. The molecule has 1 heterocycles. The third-order valence-electron chi connectivity index (χ3n) is 4.68. The number of hydrogen-bond acceptors (Lipinski definition) is 2. The van der Waals surface area contributed by atoms with Gasteiger partial charge in [0.2, 0.25) is 0 Å². The van der Waals surface area contributed by atoms with Crippen LogP contribution in [0.15, 0.2) is 42.6 Å². The molecule has 1 aliphatic carbocycles. The largest absolute Gasteiger partial charge is 0.314 e. The predicted molar refractivity (Wildman–Crippen MR) is 86.3 cm³/mol. The first-order valence-corrected chi connectivity index (χ1v) is 8.04. The van der Waals surface area contributed by atoms with Crippen molar-refractivity contribution in [1.82, 2.24) is 15.1 Å². The van der Waals surface area contributed by atoms with Crippen molar-refractivity contribution in [2.24, 2.45) is 13.0 Å². The van der Waals surface area contributed by atoms with Gasteiger partial charge in [0.05, 0.1) is 0 Å². The molecule has 1 aliphatic rings. The van der Waals surface area contributed by atoms with E-state index in [0.29, 0.717) is 6.04 Å². The Balaban J connectivity index is 1.59. The summed E-state index contributed by atoms with van der Waals surface area (Å²) in [7, 11) is 2.03. The highest BCUT2D eigenvalue weighted by molar-refractivity contribution is 5.26. The maximum absolute atomic E-state index is 4.26. The van der Waals surface area contributed by atoms with Crippen LogP contribution in [-0.4, -0.2) is 22.4 Å². The highest BCUT2D eigenvalue weighted by atomic mass is 15.2. The van der Waals surface area contributed by atoms with Crippen LogP contribution in [0.2, 0.25) is 0 Å². The minimum atomic E-state index is 0.620. The lowest BCUT2D eigenvalue weighted by molar-refractivity contribution is 0.434. The Kier molecular flexibility index (Phi) is 4.39. The standard InChI is InChI=1S/C18H25N3/c1-3-19-18(10-9-15-11-12-20-21(15)2)17-13-16(17)14-7-5-4-6-8-14/h4-8,11-12,16-19H,3,9-10,13H2,1-2H3. The quantitative estimate of drug-likeness (QED) is 0.846. The summed E-state index contributed by atoms with van der Waals surface area (Å²) in [5.74, 6) is 1.54. The van der Waals surface area contributed by atoms with E-state index in [-0.39, 0.29) is 0 Å². The number of hydrogen-bond donors (Lipinski definition) is 1. The van der Waals surface area contributed by atoms with E-state index in [4.69, 9.17) is 0 Å². The summed E-state index contributed by atoms with van der Waals surface area (Å²) in [6.07, 6.45) is 5.52. The summed E-state index contributed by atoms with van der Waals surface area (Å²) in [6.45, 7) is 3.25. The number of aromatic nitrogens is 2. The molecule has 1 N–H and O–H groups in total. The molecule has 1 aromatic heterocycles. The van der Waals surface area contributed by atoms with Gasteiger partial charge in [-0.25, -0.2) is 0 Å². The fourth-order valence-corrected chi connectivity index (χ4v) is 3.42. The minimum absolute atomic E-state index is 0.620. The number of benzene rings is 1. The predicted octanol–water partition coefficient (Wildman–Crippen LogP) is 3.13. The second-order valence-corrected chi connectivity index (χ2v) is 6.07. The maximum Gasteiger partial charge on any atom is 0.0492 e. The smallest absolute Gasteiger partial charge is 0.0492 e. The average molecular weight is 283 g/mol. The van der Waals surface area contributed by atoms with Crippen LogP contribution in [0.25, 0.3) is 0 Å². The van der Waals surface area contributed by atoms with Crippen LogP contribution in [0.5, 0.6) is 0 Å². The third kappa shape index (κ3) is 3.35. The molecule has 3 heteroatoms. The van der Waals surface area contributed by atoms with Crippen molar-refractivity contribution in [2.45, 2.75) is 38.1 Å². The van der Waals surface area contributed by atoms with Gasteiger partial charge in [0.15, 0.2) is 0 Å². The van der Waals surface area contributed by atoms with E-state index < -0.39 is 0 Å². The SMILES string of the molecule is CCNC(CCc1ccnn1C)C1CC1c1ccccc1. The summed E-state index contributed by atoms with van der Waals surface area (Å²) in [5, 5.41) is 7.96. The van der Waals surface area contributed by atoms with Crippen molar-refractivity contribution in [3.05, 3.63) is 53.9 Å². The van der Waals surface area contributed by atoms with Crippen molar-refractivity contribution in [2.75, 3.05) is 6.54 Å². The van der Waals surface area contributed by atoms with E-state index in [9.17, 15) is 0 Å². The molecular weight excluding hydrogens is 258 g/mol. The molecule has 3 nitrogen and oxygen atoms in total. The summed E-state index contributed by atoms with van der Waals surface area (Å²) < 4.78 is 1.99. The molecular formula is C18H25N3. The van der Waals surface area contributed by atoms with Crippen molar-refractivity contribution in [3.63, 3.8) is 0 Å². The number of aryl methyl sites for hydroxylation is 2. The lowest BCUT2D eigenvalue weighted by Gasteiger charge is -2.18. The van der Waals surface area contributed by atoms with E-state index in [1.807, 2.05) is 17.9 Å². The van der Waals surface area contributed by atoms with Crippen LogP contribution in [0.3, 0.4) is 0 Å². The molecule has 0 amide bonds. The molecule has 21 heavy (non-hydrogen) atoms. The van der Waals surface area contributed by atoms with Crippen molar-refractivity contribution < 1.29 is 0 Å². The molecule has 0 aliphatic heterocycles. The fraction of sp³-hybridized carbons (Fsp3) is 0.500. The van der Waals surface area contributed by atoms with Gasteiger partial charge < -0.3 is 5.32 Å². The molecule has 1 aromatic carbocycles. The Hall–Kier alpha value is -1.61. The van der Waals surface area contributed by atoms with Crippen LogP contribution < -0.4 is 5.32 Å². The van der Waals surface area contributed by atoms with Crippen molar-refractivity contribution in [3.8, 4) is 0 Å². The molecule has 1 fully saturated rings. The van der Waals surface area contributed by atoms with Gasteiger partial charge in [-0.3, -0.25) is 4.68 Å². The Morgan fingerprint density at radius 2 is 2.10 bits per heavy atom. The Bertz CT molecular complexity index is 561. The molecule has 0 bridgehead atoms. The van der Waals surface area contributed by atoms with Crippen LogP contribution in [-0.2, 0) is 13.5 Å². The summed E-state index contributed by atoms with van der Waals surface area (Å²) >= 11 is 0. The minimum Gasteiger partial charge on any atom is -0.314 e. The zero-order valence-corrected chi connectivity index (χ0v) is 13.0. The van der Waals surface area contributed by atoms with E-state index in [1.165, 1.54) is 24.1 Å². The molecule has 0 spiro atoms. The molecule has 3 atom stereocenters. The summed E-state index contributed by atoms with van der Waals surface area (Å²) in [6, 6.07) is 13.7. The third-order valence-corrected chi connectivity index (χ3v) is 4.68. The molecule has 1 saturated carbocycles. The highest BCUT2D eigenvalue weighted by Crippen LogP contribution is 2.50. The summed E-state index contributed by atoms with van der Waals surface area (Å²) in [5.41, 5.74) is 2.83. The lowest BCUT2D eigenvalue weighted by atomic mass is 10.0. The Morgan fingerprint density at radius 3 is 2.76 bits per heavy atom. The first kappa shape index (κ1) is 14.3. The molecule has 0 radical (unpaired) electrons. The monoisotopic (exact) mass is 283 g/mol. The molecule has 3 rings (SSSR count). The number of nitrogens with zero attached hydrogens (tertiary/aromatic N) is 2. The highest BCUT2D eigenvalue weighted by Gasteiger charge is 2.43. The Labute approximate surface area is 127 Å². The van der Waals surface area contributed by atoms with Gasteiger partial charge in [-0.2, -0.15) is 5.10 Å². The normalized spacial score (nSPS) is 22.2.